The van der Waals surface area contributed by atoms with Gasteiger partial charge in [0.15, 0.2) is 0 Å². The molecule has 0 amide bonds. The maximum Gasteiger partial charge on any atom is 0.137 e. The quantitative estimate of drug-likeness (QED) is 0.834. The van der Waals surface area contributed by atoms with Crippen molar-refractivity contribution in [3.05, 3.63) is 16.5 Å². The number of likely N-dealkylation sites (N-methyl/N-ethyl adjacent to an activating group) is 1. The van der Waals surface area contributed by atoms with E-state index < -0.39 is 0 Å². The van der Waals surface area contributed by atoms with Crippen LogP contribution in [-0.4, -0.2) is 41.5 Å². The van der Waals surface area contributed by atoms with Crippen LogP contribution in [0.5, 0.6) is 0 Å². The van der Waals surface area contributed by atoms with Crippen molar-refractivity contribution in [2.75, 3.05) is 26.0 Å². The van der Waals surface area contributed by atoms with Gasteiger partial charge in [-0.1, -0.05) is 11.6 Å². The lowest BCUT2D eigenvalue weighted by Gasteiger charge is -2.21. The molecule has 2 rings (SSSR count). The van der Waals surface area contributed by atoms with E-state index in [1.807, 2.05) is 6.92 Å². The highest BCUT2D eigenvalue weighted by Gasteiger charge is 2.28. The smallest absolute Gasteiger partial charge is 0.137 e. The monoisotopic (exact) mass is 268 g/mol. The van der Waals surface area contributed by atoms with Gasteiger partial charge in [-0.15, -0.1) is 0 Å². The van der Waals surface area contributed by atoms with Gasteiger partial charge in [-0.25, -0.2) is 9.97 Å². The molecule has 1 heterocycles. The average Bonchev–Trinajstić information content (AvgIpc) is 3.14. The first-order valence-electron chi connectivity index (χ1n) is 6.43. The van der Waals surface area contributed by atoms with Crippen molar-refractivity contribution >= 4 is 17.4 Å². The van der Waals surface area contributed by atoms with Crippen LogP contribution in [-0.2, 0) is 0 Å². The molecule has 0 spiro atoms. The van der Waals surface area contributed by atoms with E-state index in [1.54, 1.807) is 0 Å². The minimum Gasteiger partial charge on any atom is -0.368 e. The van der Waals surface area contributed by atoms with Gasteiger partial charge in [0.05, 0.1) is 0 Å². The zero-order valence-corrected chi connectivity index (χ0v) is 12.3. The van der Waals surface area contributed by atoms with Crippen LogP contribution in [0.15, 0.2) is 0 Å². The highest BCUT2D eigenvalue weighted by atomic mass is 35.5. The first kappa shape index (κ1) is 13.6. The Kier molecular flexibility index (Phi) is 4.07. The normalized spacial score (nSPS) is 17.0. The number of nitrogens with zero attached hydrogens (tertiary/aromatic N) is 3. The molecule has 1 aromatic rings. The minimum atomic E-state index is 0.447. The number of halogens is 1. The number of anilines is 1. The highest BCUT2D eigenvalue weighted by Crippen LogP contribution is 2.39. The van der Waals surface area contributed by atoms with E-state index in [4.69, 9.17) is 11.6 Å². The predicted molar refractivity (Wildman–Crippen MR) is 75.4 cm³/mol. The standard InChI is InChI=1S/C13H21ClN4/c1-8(18(3)4)7-15-12-9(2)11(14)16-13(17-12)10-5-6-10/h8,10H,5-7H2,1-4H3,(H,15,16,17). The maximum absolute atomic E-state index is 6.17. The van der Waals surface area contributed by atoms with Gasteiger partial charge in [0.25, 0.3) is 0 Å². The van der Waals surface area contributed by atoms with Crippen molar-refractivity contribution in [3.8, 4) is 0 Å². The molecule has 0 saturated heterocycles. The molecule has 1 atom stereocenters. The molecule has 1 unspecified atom stereocenters. The van der Waals surface area contributed by atoms with E-state index in [-0.39, 0.29) is 0 Å². The molecule has 1 aliphatic rings. The van der Waals surface area contributed by atoms with E-state index >= 15 is 0 Å². The number of nitrogens with one attached hydrogen (secondary N) is 1. The number of aromatic nitrogens is 2. The van der Waals surface area contributed by atoms with Crippen molar-refractivity contribution in [3.63, 3.8) is 0 Å². The van der Waals surface area contributed by atoms with Gasteiger partial charge in [-0.3, -0.25) is 0 Å². The molecular formula is C13H21ClN4. The minimum absolute atomic E-state index is 0.447. The van der Waals surface area contributed by atoms with E-state index in [1.165, 1.54) is 12.8 Å². The second kappa shape index (κ2) is 5.41. The van der Waals surface area contributed by atoms with E-state index in [0.29, 0.717) is 17.1 Å². The summed E-state index contributed by atoms with van der Waals surface area (Å²) < 4.78 is 0. The van der Waals surface area contributed by atoms with Gasteiger partial charge in [0, 0.05) is 24.1 Å². The molecule has 0 bridgehead atoms. The summed E-state index contributed by atoms with van der Waals surface area (Å²) >= 11 is 6.17. The number of hydrogen-bond acceptors (Lipinski definition) is 4. The topological polar surface area (TPSA) is 41.1 Å². The Bertz CT molecular complexity index is 429. The second-order valence-electron chi connectivity index (χ2n) is 5.31. The summed E-state index contributed by atoms with van der Waals surface area (Å²) in [5, 5.41) is 3.96. The molecule has 0 aromatic carbocycles. The number of rotatable bonds is 5. The molecule has 1 N–H and O–H groups in total. The van der Waals surface area contributed by atoms with Crippen molar-refractivity contribution in [1.29, 1.82) is 0 Å². The van der Waals surface area contributed by atoms with Crippen molar-refractivity contribution in [2.24, 2.45) is 0 Å². The zero-order valence-electron chi connectivity index (χ0n) is 11.5. The molecule has 1 saturated carbocycles. The fraction of sp³-hybridized carbons (Fsp3) is 0.692. The molecule has 0 radical (unpaired) electrons. The van der Waals surface area contributed by atoms with E-state index in [9.17, 15) is 0 Å². The summed E-state index contributed by atoms with van der Waals surface area (Å²) in [4.78, 5) is 11.1. The summed E-state index contributed by atoms with van der Waals surface area (Å²) in [6.45, 7) is 4.99. The highest BCUT2D eigenvalue weighted by molar-refractivity contribution is 6.30. The maximum atomic E-state index is 6.17. The first-order valence-corrected chi connectivity index (χ1v) is 6.81. The first-order chi connectivity index (χ1) is 8.49. The summed E-state index contributed by atoms with van der Waals surface area (Å²) in [5.74, 6) is 2.30. The van der Waals surface area contributed by atoms with Gasteiger partial charge < -0.3 is 10.2 Å². The van der Waals surface area contributed by atoms with Crippen LogP contribution in [0, 0.1) is 6.92 Å². The lowest BCUT2D eigenvalue weighted by atomic mass is 10.2. The summed E-state index contributed by atoms with van der Waals surface area (Å²) in [6, 6.07) is 0.447. The third kappa shape index (κ3) is 3.12. The Morgan fingerprint density at radius 2 is 2.06 bits per heavy atom. The fourth-order valence-electron chi connectivity index (χ4n) is 1.63. The Morgan fingerprint density at radius 3 is 2.61 bits per heavy atom. The molecule has 1 aromatic heterocycles. The molecule has 5 heteroatoms. The second-order valence-corrected chi connectivity index (χ2v) is 5.67. The lowest BCUT2D eigenvalue weighted by molar-refractivity contribution is 0.326. The number of hydrogen-bond donors (Lipinski definition) is 1. The van der Waals surface area contributed by atoms with E-state index in [2.05, 4.69) is 41.2 Å². The molecule has 1 fully saturated rings. The summed E-state index contributed by atoms with van der Waals surface area (Å²) in [6.07, 6.45) is 2.37. The Morgan fingerprint density at radius 1 is 1.39 bits per heavy atom. The molecule has 18 heavy (non-hydrogen) atoms. The van der Waals surface area contributed by atoms with Crippen molar-refractivity contribution in [1.82, 2.24) is 14.9 Å². The van der Waals surface area contributed by atoms with Crippen LogP contribution >= 0.6 is 11.6 Å². The molecular weight excluding hydrogens is 248 g/mol. The molecule has 4 nitrogen and oxygen atoms in total. The van der Waals surface area contributed by atoms with Gasteiger partial charge in [-0.05, 0) is 40.8 Å². The van der Waals surface area contributed by atoms with Gasteiger partial charge in [0.1, 0.15) is 16.8 Å². The van der Waals surface area contributed by atoms with E-state index in [0.717, 1.165) is 23.8 Å². The van der Waals surface area contributed by atoms with Gasteiger partial charge in [-0.2, -0.15) is 0 Å². The Hall–Kier alpha value is -0.870. The zero-order chi connectivity index (χ0) is 13.3. The van der Waals surface area contributed by atoms with Crippen LogP contribution in [0.3, 0.4) is 0 Å². The van der Waals surface area contributed by atoms with Crippen LogP contribution in [0.4, 0.5) is 5.82 Å². The van der Waals surface area contributed by atoms with Crippen molar-refractivity contribution < 1.29 is 0 Å². The third-order valence-corrected chi connectivity index (χ3v) is 3.86. The Balaban J connectivity index is 2.11. The predicted octanol–water partition coefficient (Wildman–Crippen LogP) is 2.68. The summed E-state index contributed by atoms with van der Waals surface area (Å²) in [5.41, 5.74) is 0.937. The average molecular weight is 269 g/mol. The van der Waals surface area contributed by atoms with Crippen molar-refractivity contribution in [2.45, 2.75) is 38.6 Å². The third-order valence-electron chi connectivity index (χ3n) is 3.49. The van der Waals surface area contributed by atoms with Crippen LogP contribution < -0.4 is 5.32 Å². The molecule has 100 valence electrons. The van der Waals surface area contributed by atoms with Gasteiger partial charge >= 0.3 is 0 Å². The van der Waals surface area contributed by atoms with Crippen LogP contribution in [0.2, 0.25) is 5.15 Å². The Labute approximate surface area is 114 Å². The molecule has 0 aliphatic heterocycles. The lowest BCUT2D eigenvalue weighted by Crippen LogP contribution is -2.32. The molecule has 1 aliphatic carbocycles. The van der Waals surface area contributed by atoms with Crippen LogP contribution in [0.25, 0.3) is 0 Å². The van der Waals surface area contributed by atoms with Gasteiger partial charge in [0.2, 0.25) is 0 Å². The summed E-state index contributed by atoms with van der Waals surface area (Å²) in [7, 11) is 4.14. The largest absolute Gasteiger partial charge is 0.368 e. The van der Waals surface area contributed by atoms with Crippen LogP contribution in [0.1, 0.15) is 37.1 Å². The SMILES string of the molecule is Cc1c(Cl)nc(C2CC2)nc1NCC(C)N(C)C. The fourth-order valence-corrected chi connectivity index (χ4v) is 1.80.